The van der Waals surface area contributed by atoms with Crippen LogP contribution in [-0.2, 0) is 9.59 Å². The first-order valence-corrected chi connectivity index (χ1v) is 7.24. The predicted molar refractivity (Wildman–Crippen MR) is 78.1 cm³/mol. The van der Waals surface area contributed by atoms with Crippen molar-refractivity contribution in [2.75, 3.05) is 11.1 Å². The minimum atomic E-state index is -0.542. The number of benzene rings is 1. The number of Topliss-reactive ketones (excluding diaryl/α,β-unsaturated/α-hetero) is 1. The van der Waals surface area contributed by atoms with Crippen LogP contribution in [0, 0.1) is 6.92 Å². The van der Waals surface area contributed by atoms with Crippen molar-refractivity contribution >= 4 is 35.0 Å². The van der Waals surface area contributed by atoms with Crippen LogP contribution in [0.4, 0.5) is 5.69 Å². The fourth-order valence-corrected chi connectivity index (χ4v) is 3.40. The fraction of sp³-hybridized carbons (Fsp3) is 0.357. The molecule has 2 N–H and O–H groups in total. The van der Waals surface area contributed by atoms with E-state index in [1.165, 1.54) is 25.6 Å². The number of ketones is 1. The second-order valence-corrected chi connectivity index (χ2v) is 5.77. The maximum atomic E-state index is 12.5. The largest absolute Gasteiger partial charge is 0.345 e. The molecule has 20 heavy (non-hydrogen) atoms. The maximum absolute atomic E-state index is 12.5. The number of fused-ring (bicyclic) bond motifs is 1. The van der Waals surface area contributed by atoms with E-state index in [2.05, 4.69) is 10.6 Å². The summed E-state index contributed by atoms with van der Waals surface area (Å²) < 4.78 is 0. The first-order chi connectivity index (χ1) is 9.40. The summed E-state index contributed by atoms with van der Waals surface area (Å²) in [5.74, 6) is -0.103. The molecule has 1 aromatic carbocycles. The number of carbonyl (C=O) groups is 3. The minimum Gasteiger partial charge on any atom is -0.345 e. The van der Waals surface area contributed by atoms with Crippen LogP contribution in [-0.4, -0.2) is 29.4 Å². The molecule has 2 amide bonds. The molecule has 106 valence electrons. The Kier molecular flexibility index (Phi) is 4.13. The standard InChI is InChI=1S/C14H16N2O3S/c1-7-4-5-10(15-8(2)17)12-13(19)11(16-9(3)18)6-20-14(7)12/h4-5,11H,6H2,1-3H3,(H,15,17)(H,16,18). The zero-order valence-corrected chi connectivity index (χ0v) is 12.4. The van der Waals surface area contributed by atoms with Crippen molar-refractivity contribution in [1.29, 1.82) is 0 Å². The van der Waals surface area contributed by atoms with Crippen LogP contribution >= 0.6 is 11.8 Å². The smallest absolute Gasteiger partial charge is 0.221 e. The van der Waals surface area contributed by atoms with Crippen LogP contribution in [0.15, 0.2) is 17.0 Å². The molecule has 5 nitrogen and oxygen atoms in total. The van der Waals surface area contributed by atoms with Crippen molar-refractivity contribution in [2.45, 2.75) is 31.7 Å². The van der Waals surface area contributed by atoms with Gasteiger partial charge in [0.1, 0.15) is 6.04 Å². The van der Waals surface area contributed by atoms with Crippen molar-refractivity contribution in [3.8, 4) is 0 Å². The first-order valence-electron chi connectivity index (χ1n) is 6.25. The van der Waals surface area contributed by atoms with E-state index in [0.29, 0.717) is 17.0 Å². The molecule has 1 aromatic rings. The lowest BCUT2D eigenvalue weighted by Crippen LogP contribution is -2.43. The van der Waals surface area contributed by atoms with E-state index in [4.69, 9.17) is 0 Å². The Labute approximate surface area is 121 Å². The van der Waals surface area contributed by atoms with Crippen molar-refractivity contribution in [3.63, 3.8) is 0 Å². The van der Waals surface area contributed by atoms with Gasteiger partial charge in [0.2, 0.25) is 11.8 Å². The molecular formula is C14H16N2O3S. The van der Waals surface area contributed by atoms with Crippen LogP contribution in [0.25, 0.3) is 0 Å². The van der Waals surface area contributed by atoms with E-state index < -0.39 is 6.04 Å². The number of anilines is 1. The Morgan fingerprint density at radius 2 is 1.95 bits per heavy atom. The first kappa shape index (κ1) is 14.6. The number of carbonyl (C=O) groups excluding carboxylic acids is 3. The minimum absolute atomic E-state index is 0.151. The summed E-state index contributed by atoms with van der Waals surface area (Å²) in [4.78, 5) is 35.8. The van der Waals surface area contributed by atoms with Crippen molar-refractivity contribution in [2.24, 2.45) is 0 Å². The third-order valence-corrected chi connectivity index (χ3v) is 4.31. The molecule has 0 spiro atoms. The van der Waals surface area contributed by atoms with Crippen LogP contribution in [0.2, 0.25) is 0 Å². The highest BCUT2D eigenvalue weighted by Crippen LogP contribution is 2.37. The van der Waals surface area contributed by atoms with E-state index in [0.717, 1.165) is 10.5 Å². The summed E-state index contributed by atoms with van der Waals surface area (Å²) in [5.41, 5.74) is 1.99. The topological polar surface area (TPSA) is 75.3 Å². The quantitative estimate of drug-likeness (QED) is 0.870. The van der Waals surface area contributed by atoms with E-state index in [-0.39, 0.29) is 17.6 Å². The average Bonchev–Trinajstić information content (AvgIpc) is 2.35. The lowest BCUT2D eigenvalue weighted by atomic mass is 9.99. The molecule has 0 fully saturated rings. The fourth-order valence-electron chi connectivity index (χ4n) is 2.18. The number of nitrogens with one attached hydrogen (secondary N) is 2. The zero-order chi connectivity index (χ0) is 14.9. The van der Waals surface area contributed by atoms with Gasteiger partial charge in [-0.15, -0.1) is 11.8 Å². The maximum Gasteiger partial charge on any atom is 0.221 e. The number of thioether (sulfide) groups is 1. The van der Waals surface area contributed by atoms with E-state index in [1.807, 2.05) is 13.0 Å². The van der Waals surface area contributed by atoms with Crippen LogP contribution < -0.4 is 10.6 Å². The van der Waals surface area contributed by atoms with Gasteiger partial charge in [-0.25, -0.2) is 0 Å². The van der Waals surface area contributed by atoms with Gasteiger partial charge in [-0.05, 0) is 18.6 Å². The van der Waals surface area contributed by atoms with Gasteiger partial charge in [0, 0.05) is 24.5 Å². The molecule has 0 saturated carbocycles. The molecule has 0 bridgehead atoms. The third kappa shape index (κ3) is 2.85. The van der Waals surface area contributed by atoms with Gasteiger partial charge in [0.15, 0.2) is 5.78 Å². The Morgan fingerprint density at radius 1 is 1.25 bits per heavy atom. The van der Waals surface area contributed by atoms with E-state index >= 15 is 0 Å². The number of hydrogen-bond donors (Lipinski definition) is 2. The van der Waals surface area contributed by atoms with E-state index in [1.54, 1.807) is 6.07 Å². The highest BCUT2D eigenvalue weighted by Gasteiger charge is 2.31. The summed E-state index contributed by atoms with van der Waals surface area (Å²) in [5, 5.41) is 5.33. The highest BCUT2D eigenvalue weighted by molar-refractivity contribution is 7.99. The Bertz CT molecular complexity index is 598. The van der Waals surface area contributed by atoms with Crippen LogP contribution in [0.1, 0.15) is 29.8 Å². The van der Waals surface area contributed by atoms with Gasteiger partial charge < -0.3 is 10.6 Å². The molecule has 1 atom stereocenters. The second-order valence-electron chi connectivity index (χ2n) is 4.74. The van der Waals surface area contributed by atoms with Crippen molar-refractivity contribution in [1.82, 2.24) is 5.32 Å². The van der Waals surface area contributed by atoms with Gasteiger partial charge in [-0.3, -0.25) is 14.4 Å². The molecule has 0 saturated heterocycles. The van der Waals surface area contributed by atoms with Gasteiger partial charge in [0.05, 0.1) is 11.3 Å². The Hall–Kier alpha value is -1.82. The molecule has 0 aromatic heterocycles. The predicted octanol–water partition coefficient (Wildman–Crippen LogP) is 1.75. The van der Waals surface area contributed by atoms with Gasteiger partial charge >= 0.3 is 0 Å². The third-order valence-electron chi connectivity index (χ3n) is 3.00. The molecule has 1 aliphatic heterocycles. The monoisotopic (exact) mass is 292 g/mol. The van der Waals surface area contributed by atoms with Crippen LogP contribution in [0.5, 0.6) is 0 Å². The van der Waals surface area contributed by atoms with E-state index in [9.17, 15) is 14.4 Å². The summed E-state index contributed by atoms with van der Waals surface area (Å²) in [7, 11) is 0. The molecule has 2 rings (SSSR count). The molecule has 6 heteroatoms. The van der Waals surface area contributed by atoms with Gasteiger partial charge in [-0.1, -0.05) is 6.07 Å². The summed E-state index contributed by atoms with van der Waals surface area (Å²) in [6.45, 7) is 4.71. The summed E-state index contributed by atoms with van der Waals surface area (Å²) in [6, 6.07) is 3.06. The normalized spacial score (nSPS) is 17.4. The lowest BCUT2D eigenvalue weighted by molar-refractivity contribution is -0.119. The van der Waals surface area contributed by atoms with Crippen molar-refractivity contribution in [3.05, 3.63) is 23.3 Å². The lowest BCUT2D eigenvalue weighted by Gasteiger charge is -2.26. The molecule has 0 radical (unpaired) electrons. The Balaban J connectivity index is 2.45. The zero-order valence-electron chi connectivity index (χ0n) is 11.6. The van der Waals surface area contributed by atoms with Gasteiger partial charge in [-0.2, -0.15) is 0 Å². The second kappa shape index (κ2) is 5.66. The van der Waals surface area contributed by atoms with Crippen molar-refractivity contribution < 1.29 is 14.4 Å². The van der Waals surface area contributed by atoms with Gasteiger partial charge in [0.25, 0.3) is 0 Å². The summed E-state index contributed by atoms with van der Waals surface area (Å²) >= 11 is 1.52. The highest BCUT2D eigenvalue weighted by atomic mass is 32.2. The Morgan fingerprint density at radius 3 is 2.55 bits per heavy atom. The average molecular weight is 292 g/mol. The molecule has 1 unspecified atom stereocenters. The number of amides is 2. The molecule has 0 aliphatic carbocycles. The van der Waals surface area contributed by atoms with Crippen LogP contribution in [0.3, 0.4) is 0 Å². The molecule has 1 heterocycles. The number of aryl methyl sites for hydroxylation is 1. The number of rotatable bonds is 2. The molecular weight excluding hydrogens is 276 g/mol. The molecule has 1 aliphatic rings. The number of hydrogen-bond acceptors (Lipinski definition) is 4. The summed E-state index contributed by atoms with van der Waals surface area (Å²) in [6.07, 6.45) is 0. The SMILES string of the molecule is CC(=O)Nc1ccc(C)c2c1C(=O)C(NC(C)=O)CS2.